The minimum Gasteiger partial charge on any atom is -0.497 e. The molecule has 1 aliphatic rings. The molecule has 0 aliphatic carbocycles. The minimum absolute atomic E-state index is 0. The van der Waals surface area contributed by atoms with E-state index < -0.39 is 0 Å². The molecular weight excluding hydrogens is 445 g/mol. The third kappa shape index (κ3) is 5.42. The number of halogens is 1. The van der Waals surface area contributed by atoms with Crippen LogP contribution in [0.5, 0.6) is 17.2 Å². The standard InChI is InChI=1S/C19H23N3O3.HI/c1-20-19(21-9-8-14-4-3-5-16(10-14)23-2)22-12-15-6-7-17-18(11-15)25-13-24-17;/h3-7,10-11H,8-9,12-13H2,1-2H3,(H2,20,21,22);1H. The number of methoxy groups -OCH3 is 1. The van der Waals surface area contributed by atoms with Crippen molar-refractivity contribution in [3.8, 4) is 17.2 Å². The van der Waals surface area contributed by atoms with Gasteiger partial charge in [0.1, 0.15) is 5.75 Å². The Labute approximate surface area is 171 Å². The fraction of sp³-hybridized carbons (Fsp3) is 0.316. The van der Waals surface area contributed by atoms with Crippen LogP contribution in [-0.2, 0) is 13.0 Å². The molecule has 6 nitrogen and oxygen atoms in total. The fourth-order valence-electron chi connectivity index (χ4n) is 2.61. The molecule has 0 bridgehead atoms. The van der Waals surface area contributed by atoms with Crippen molar-refractivity contribution >= 4 is 29.9 Å². The third-order valence-electron chi connectivity index (χ3n) is 3.96. The van der Waals surface area contributed by atoms with Crippen LogP contribution >= 0.6 is 24.0 Å². The molecule has 26 heavy (non-hydrogen) atoms. The van der Waals surface area contributed by atoms with Gasteiger partial charge in [0.25, 0.3) is 0 Å². The van der Waals surface area contributed by atoms with E-state index in [1.54, 1.807) is 14.2 Å². The van der Waals surface area contributed by atoms with E-state index in [4.69, 9.17) is 14.2 Å². The number of nitrogens with one attached hydrogen (secondary N) is 2. The lowest BCUT2D eigenvalue weighted by molar-refractivity contribution is 0.174. The van der Waals surface area contributed by atoms with Gasteiger partial charge in [0.05, 0.1) is 7.11 Å². The summed E-state index contributed by atoms with van der Waals surface area (Å²) < 4.78 is 16.0. The van der Waals surface area contributed by atoms with Crippen molar-refractivity contribution in [2.75, 3.05) is 27.5 Å². The van der Waals surface area contributed by atoms with Crippen LogP contribution in [0.25, 0.3) is 0 Å². The summed E-state index contributed by atoms with van der Waals surface area (Å²) in [7, 11) is 3.44. The first-order valence-electron chi connectivity index (χ1n) is 8.24. The number of guanidine groups is 1. The molecule has 0 aromatic heterocycles. The van der Waals surface area contributed by atoms with Gasteiger partial charge in [-0.25, -0.2) is 0 Å². The Balaban J connectivity index is 0.00000243. The van der Waals surface area contributed by atoms with Crippen LogP contribution in [0.3, 0.4) is 0 Å². The van der Waals surface area contributed by atoms with E-state index in [1.807, 2.05) is 36.4 Å². The molecule has 2 aromatic carbocycles. The highest BCUT2D eigenvalue weighted by Crippen LogP contribution is 2.32. The molecule has 3 rings (SSSR count). The lowest BCUT2D eigenvalue weighted by atomic mass is 10.1. The number of benzene rings is 2. The van der Waals surface area contributed by atoms with Crippen LogP contribution in [0.4, 0.5) is 0 Å². The van der Waals surface area contributed by atoms with Gasteiger partial charge in [-0.1, -0.05) is 18.2 Å². The summed E-state index contributed by atoms with van der Waals surface area (Å²) in [5.41, 5.74) is 2.33. The fourth-order valence-corrected chi connectivity index (χ4v) is 2.61. The van der Waals surface area contributed by atoms with Crippen LogP contribution < -0.4 is 24.8 Å². The van der Waals surface area contributed by atoms with Gasteiger partial charge >= 0.3 is 0 Å². The first-order valence-corrected chi connectivity index (χ1v) is 8.24. The van der Waals surface area contributed by atoms with Crippen molar-refractivity contribution in [3.05, 3.63) is 53.6 Å². The van der Waals surface area contributed by atoms with Crippen LogP contribution in [0.2, 0.25) is 0 Å². The van der Waals surface area contributed by atoms with Crippen molar-refractivity contribution in [2.24, 2.45) is 4.99 Å². The van der Waals surface area contributed by atoms with Gasteiger partial charge in [0.2, 0.25) is 6.79 Å². The zero-order chi connectivity index (χ0) is 17.5. The number of hydrogen-bond donors (Lipinski definition) is 2. The maximum atomic E-state index is 5.40. The number of hydrogen-bond acceptors (Lipinski definition) is 4. The molecule has 2 aromatic rings. The zero-order valence-electron chi connectivity index (χ0n) is 15.0. The van der Waals surface area contributed by atoms with E-state index in [0.29, 0.717) is 13.3 Å². The second kappa shape index (κ2) is 10.1. The summed E-state index contributed by atoms with van der Waals surface area (Å²) in [6, 6.07) is 14.0. The van der Waals surface area contributed by atoms with E-state index in [-0.39, 0.29) is 24.0 Å². The van der Waals surface area contributed by atoms with Gasteiger partial charge < -0.3 is 24.8 Å². The molecule has 0 spiro atoms. The summed E-state index contributed by atoms with van der Waals surface area (Å²) in [4.78, 5) is 4.25. The van der Waals surface area contributed by atoms with Gasteiger partial charge in [-0.2, -0.15) is 0 Å². The predicted octanol–water partition coefficient (Wildman–Crippen LogP) is 2.95. The van der Waals surface area contributed by atoms with Crippen molar-refractivity contribution in [1.29, 1.82) is 0 Å². The summed E-state index contributed by atoms with van der Waals surface area (Å²) >= 11 is 0. The Hall–Kier alpha value is -2.16. The molecule has 0 saturated carbocycles. The minimum atomic E-state index is 0. The van der Waals surface area contributed by atoms with Gasteiger partial charge in [-0.3, -0.25) is 4.99 Å². The summed E-state index contributed by atoms with van der Waals surface area (Å²) in [5, 5.41) is 6.62. The Morgan fingerprint density at radius 1 is 1.08 bits per heavy atom. The topological polar surface area (TPSA) is 64.1 Å². The second-order valence-electron chi connectivity index (χ2n) is 5.64. The monoisotopic (exact) mass is 469 g/mol. The zero-order valence-corrected chi connectivity index (χ0v) is 17.3. The van der Waals surface area contributed by atoms with Crippen molar-refractivity contribution in [2.45, 2.75) is 13.0 Å². The van der Waals surface area contributed by atoms with E-state index in [0.717, 1.165) is 41.7 Å². The van der Waals surface area contributed by atoms with Crippen molar-refractivity contribution in [1.82, 2.24) is 10.6 Å². The second-order valence-corrected chi connectivity index (χ2v) is 5.64. The Morgan fingerprint density at radius 2 is 1.92 bits per heavy atom. The highest BCUT2D eigenvalue weighted by molar-refractivity contribution is 14.0. The quantitative estimate of drug-likeness (QED) is 0.387. The van der Waals surface area contributed by atoms with Gasteiger partial charge in [-0.05, 0) is 41.8 Å². The van der Waals surface area contributed by atoms with Crippen LogP contribution in [-0.4, -0.2) is 33.5 Å². The molecule has 0 fully saturated rings. The van der Waals surface area contributed by atoms with Crippen molar-refractivity contribution < 1.29 is 14.2 Å². The molecule has 0 amide bonds. The number of ether oxygens (including phenoxy) is 3. The number of fused-ring (bicyclic) bond motifs is 1. The highest BCUT2D eigenvalue weighted by atomic mass is 127. The van der Waals surface area contributed by atoms with E-state index >= 15 is 0 Å². The molecule has 140 valence electrons. The molecule has 2 N–H and O–H groups in total. The van der Waals surface area contributed by atoms with Gasteiger partial charge in [-0.15, -0.1) is 24.0 Å². The number of aliphatic imine (C=N–C) groups is 1. The molecule has 0 saturated heterocycles. The maximum absolute atomic E-state index is 5.40. The van der Waals surface area contributed by atoms with E-state index in [2.05, 4.69) is 21.7 Å². The first-order chi connectivity index (χ1) is 12.3. The summed E-state index contributed by atoms with van der Waals surface area (Å²) in [5.74, 6) is 3.23. The molecule has 1 aliphatic heterocycles. The van der Waals surface area contributed by atoms with Gasteiger partial charge in [0, 0.05) is 20.1 Å². The average molecular weight is 469 g/mol. The SMILES string of the molecule is CN=C(NCCc1cccc(OC)c1)NCc1ccc2c(c1)OCO2.I. The Morgan fingerprint density at radius 3 is 2.73 bits per heavy atom. The van der Waals surface area contributed by atoms with Crippen LogP contribution in [0.1, 0.15) is 11.1 Å². The lowest BCUT2D eigenvalue weighted by Crippen LogP contribution is -2.37. The third-order valence-corrected chi connectivity index (χ3v) is 3.96. The Kier molecular flexibility index (Phi) is 7.83. The normalized spacial score (nSPS) is 12.3. The predicted molar refractivity (Wildman–Crippen MR) is 113 cm³/mol. The number of rotatable bonds is 6. The lowest BCUT2D eigenvalue weighted by Gasteiger charge is -2.12. The molecular formula is C19H24IN3O3. The van der Waals surface area contributed by atoms with Gasteiger partial charge in [0.15, 0.2) is 17.5 Å². The molecule has 7 heteroatoms. The first kappa shape index (κ1) is 20.2. The largest absolute Gasteiger partial charge is 0.497 e. The Bertz CT molecular complexity index is 753. The van der Waals surface area contributed by atoms with Crippen molar-refractivity contribution in [3.63, 3.8) is 0 Å². The summed E-state index contributed by atoms with van der Waals surface area (Å²) in [6.45, 7) is 1.74. The highest BCUT2D eigenvalue weighted by Gasteiger charge is 2.13. The molecule has 1 heterocycles. The molecule has 0 radical (unpaired) electrons. The van der Waals surface area contributed by atoms with E-state index in [1.165, 1.54) is 5.56 Å². The molecule has 0 unspecified atom stereocenters. The number of nitrogens with zero attached hydrogens (tertiary/aromatic N) is 1. The smallest absolute Gasteiger partial charge is 0.231 e. The van der Waals surface area contributed by atoms with Crippen LogP contribution in [0.15, 0.2) is 47.5 Å². The van der Waals surface area contributed by atoms with E-state index in [9.17, 15) is 0 Å². The van der Waals surface area contributed by atoms with Crippen LogP contribution in [0, 0.1) is 0 Å². The summed E-state index contributed by atoms with van der Waals surface area (Å²) in [6.07, 6.45) is 0.891. The molecule has 0 atom stereocenters. The average Bonchev–Trinajstić information content (AvgIpc) is 3.12. The maximum Gasteiger partial charge on any atom is 0.231 e.